The van der Waals surface area contributed by atoms with E-state index in [0.29, 0.717) is 6.42 Å². The Morgan fingerprint density at radius 1 is 1.47 bits per heavy atom. The van der Waals surface area contributed by atoms with Crippen LogP contribution in [0.3, 0.4) is 0 Å². The van der Waals surface area contributed by atoms with Crippen LogP contribution in [0.15, 0.2) is 24.3 Å². The van der Waals surface area contributed by atoms with Crippen molar-refractivity contribution >= 4 is 11.6 Å². The zero-order valence-corrected chi connectivity index (χ0v) is 9.94. The smallest absolute Gasteiger partial charge is 0.226 e. The molecular formula is C13H17NO3. The van der Waals surface area contributed by atoms with Gasteiger partial charge in [-0.2, -0.15) is 0 Å². The van der Waals surface area contributed by atoms with Crippen LogP contribution in [0.2, 0.25) is 0 Å². The molecule has 1 fully saturated rings. The van der Waals surface area contributed by atoms with Crippen molar-refractivity contribution in [2.24, 2.45) is 0 Å². The quantitative estimate of drug-likeness (QED) is 0.870. The fourth-order valence-electron chi connectivity index (χ4n) is 1.90. The lowest BCUT2D eigenvalue weighted by molar-refractivity contribution is -0.118. The number of rotatable bonds is 4. The number of anilines is 1. The van der Waals surface area contributed by atoms with E-state index >= 15 is 0 Å². The third-order valence-corrected chi connectivity index (χ3v) is 2.81. The molecule has 1 saturated heterocycles. The molecule has 92 valence electrons. The number of nitrogens with one attached hydrogen (secondary N) is 1. The zero-order chi connectivity index (χ0) is 12.1. The molecule has 1 aliphatic heterocycles. The van der Waals surface area contributed by atoms with Crippen molar-refractivity contribution in [3.05, 3.63) is 24.3 Å². The van der Waals surface area contributed by atoms with E-state index in [2.05, 4.69) is 5.32 Å². The molecule has 1 amide bonds. The first-order valence-electron chi connectivity index (χ1n) is 5.83. The van der Waals surface area contributed by atoms with Crippen LogP contribution in [0.5, 0.6) is 5.75 Å². The Balaban J connectivity index is 1.84. The van der Waals surface area contributed by atoms with Crippen LogP contribution in [0.25, 0.3) is 0 Å². The van der Waals surface area contributed by atoms with Gasteiger partial charge in [-0.25, -0.2) is 0 Å². The van der Waals surface area contributed by atoms with Gasteiger partial charge in [-0.3, -0.25) is 4.79 Å². The first kappa shape index (κ1) is 11.9. The first-order valence-corrected chi connectivity index (χ1v) is 5.83. The average Bonchev–Trinajstić information content (AvgIpc) is 2.82. The normalized spacial score (nSPS) is 19.0. The van der Waals surface area contributed by atoms with E-state index in [1.165, 1.54) is 0 Å². The maximum Gasteiger partial charge on any atom is 0.226 e. The van der Waals surface area contributed by atoms with Crippen molar-refractivity contribution < 1.29 is 14.3 Å². The highest BCUT2D eigenvalue weighted by Gasteiger charge is 2.18. The largest absolute Gasteiger partial charge is 0.497 e. The molecule has 1 aliphatic rings. The summed E-state index contributed by atoms with van der Waals surface area (Å²) in [6.07, 6.45) is 2.57. The number of carbonyl (C=O) groups is 1. The summed E-state index contributed by atoms with van der Waals surface area (Å²) < 4.78 is 10.5. The Hall–Kier alpha value is -1.55. The van der Waals surface area contributed by atoms with Gasteiger partial charge in [0.1, 0.15) is 5.75 Å². The standard InChI is InChI=1S/C13H17NO3/c1-16-11-6-4-10(5-7-11)14-13(15)9-12-3-2-8-17-12/h4-7,12H,2-3,8-9H2,1H3,(H,14,15). The Bertz CT molecular complexity index is 369. The van der Waals surface area contributed by atoms with Crippen LogP contribution in [-0.2, 0) is 9.53 Å². The second-order valence-corrected chi connectivity index (χ2v) is 4.12. The second-order valence-electron chi connectivity index (χ2n) is 4.12. The molecule has 0 bridgehead atoms. The fourth-order valence-corrected chi connectivity index (χ4v) is 1.90. The summed E-state index contributed by atoms with van der Waals surface area (Å²) >= 11 is 0. The number of hydrogen-bond donors (Lipinski definition) is 1. The molecule has 4 nitrogen and oxygen atoms in total. The van der Waals surface area contributed by atoms with Crippen LogP contribution in [0, 0.1) is 0 Å². The highest BCUT2D eigenvalue weighted by molar-refractivity contribution is 5.91. The Morgan fingerprint density at radius 3 is 2.82 bits per heavy atom. The van der Waals surface area contributed by atoms with Gasteiger partial charge in [-0.1, -0.05) is 0 Å². The van der Waals surface area contributed by atoms with Crippen LogP contribution < -0.4 is 10.1 Å². The topological polar surface area (TPSA) is 47.6 Å². The van der Waals surface area contributed by atoms with E-state index in [9.17, 15) is 4.79 Å². The van der Waals surface area contributed by atoms with Crippen LogP contribution >= 0.6 is 0 Å². The molecule has 0 spiro atoms. The number of hydrogen-bond acceptors (Lipinski definition) is 3. The molecule has 1 unspecified atom stereocenters. The molecule has 4 heteroatoms. The van der Waals surface area contributed by atoms with Gasteiger partial charge in [0.15, 0.2) is 0 Å². The van der Waals surface area contributed by atoms with Crippen molar-refractivity contribution in [2.45, 2.75) is 25.4 Å². The average molecular weight is 235 g/mol. The fraction of sp³-hybridized carbons (Fsp3) is 0.462. The molecule has 0 aromatic heterocycles. The minimum absolute atomic E-state index is 0.00191. The van der Waals surface area contributed by atoms with Gasteiger partial charge in [0.2, 0.25) is 5.91 Å². The van der Waals surface area contributed by atoms with Crippen LogP contribution in [0.1, 0.15) is 19.3 Å². The van der Waals surface area contributed by atoms with Crippen LogP contribution in [0.4, 0.5) is 5.69 Å². The minimum Gasteiger partial charge on any atom is -0.497 e. The molecular weight excluding hydrogens is 218 g/mol. The molecule has 0 aliphatic carbocycles. The maximum atomic E-state index is 11.7. The van der Waals surface area contributed by atoms with Gasteiger partial charge in [-0.15, -0.1) is 0 Å². The summed E-state index contributed by atoms with van der Waals surface area (Å²) in [6.45, 7) is 0.778. The highest BCUT2D eigenvalue weighted by Crippen LogP contribution is 2.18. The summed E-state index contributed by atoms with van der Waals surface area (Å²) in [4.78, 5) is 11.7. The van der Waals surface area contributed by atoms with Crippen molar-refractivity contribution in [1.82, 2.24) is 0 Å². The maximum absolute atomic E-state index is 11.7. The summed E-state index contributed by atoms with van der Waals surface area (Å²) in [5, 5.41) is 2.85. The Kier molecular flexibility index (Phi) is 3.98. The number of amides is 1. The first-order chi connectivity index (χ1) is 8.28. The summed E-state index contributed by atoms with van der Waals surface area (Å²) in [6, 6.07) is 7.29. The lowest BCUT2D eigenvalue weighted by Crippen LogP contribution is -2.19. The van der Waals surface area contributed by atoms with E-state index < -0.39 is 0 Å². The Morgan fingerprint density at radius 2 is 2.24 bits per heavy atom. The third kappa shape index (κ3) is 3.46. The summed E-state index contributed by atoms with van der Waals surface area (Å²) in [5.41, 5.74) is 0.786. The minimum atomic E-state index is 0.00191. The molecule has 0 saturated carbocycles. The van der Waals surface area contributed by atoms with E-state index in [4.69, 9.17) is 9.47 Å². The molecule has 1 N–H and O–H groups in total. The zero-order valence-electron chi connectivity index (χ0n) is 9.94. The number of methoxy groups -OCH3 is 1. The van der Waals surface area contributed by atoms with E-state index in [1.54, 1.807) is 7.11 Å². The number of carbonyl (C=O) groups excluding carboxylic acids is 1. The SMILES string of the molecule is COc1ccc(NC(=O)CC2CCCO2)cc1. The van der Waals surface area contributed by atoms with Gasteiger partial charge < -0.3 is 14.8 Å². The summed E-state index contributed by atoms with van der Waals surface area (Å²) in [7, 11) is 1.62. The second kappa shape index (κ2) is 5.68. The number of ether oxygens (including phenoxy) is 2. The molecule has 2 rings (SSSR count). The molecule has 1 aromatic carbocycles. The molecule has 1 aromatic rings. The van der Waals surface area contributed by atoms with Crippen LogP contribution in [-0.4, -0.2) is 25.7 Å². The van der Waals surface area contributed by atoms with Crippen molar-refractivity contribution in [2.75, 3.05) is 19.0 Å². The summed E-state index contributed by atoms with van der Waals surface area (Å²) in [5.74, 6) is 0.782. The van der Waals surface area contributed by atoms with E-state index in [0.717, 1.165) is 30.9 Å². The lowest BCUT2D eigenvalue weighted by atomic mass is 10.2. The lowest BCUT2D eigenvalue weighted by Gasteiger charge is -2.10. The van der Waals surface area contributed by atoms with Gasteiger partial charge in [0.05, 0.1) is 19.6 Å². The van der Waals surface area contributed by atoms with Crippen molar-refractivity contribution in [3.8, 4) is 5.75 Å². The van der Waals surface area contributed by atoms with Gasteiger partial charge >= 0.3 is 0 Å². The van der Waals surface area contributed by atoms with E-state index in [1.807, 2.05) is 24.3 Å². The van der Waals surface area contributed by atoms with Gasteiger partial charge in [-0.05, 0) is 37.1 Å². The predicted octanol–water partition coefficient (Wildman–Crippen LogP) is 2.20. The predicted molar refractivity (Wildman–Crippen MR) is 65.2 cm³/mol. The van der Waals surface area contributed by atoms with E-state index in [-0.39, 0.29) is 12.0 Å². The molecule has 1 atom stereocenters. The molecule has 0 radical (unpaired) electrons. The Labute approximate surface area is 101 Å². The number of benzene rings is 1. The highest BCUT2D eigenvalue weighted by atomic mass is 16.5. The van der Waals surface area contributed by atoms with Gasteiger partial charge in [0, 0.05) is 12.3 Å². The third-order valence-electron chi connectivity index (χ3n) is 2.81. The van der Waals surface area contributed by atoms with Crippen molar-refractivity contribution in [1.29, 1.82) is 0 Å². The van der Waals surface area contributed by atoms with Gasteiger partial charge in [0.25, 0.3) is 0 Å². The monoisotopic (exact) mass is 235 g/mol. The molecule has 1 heterocycles. The molecule has 17 heavy (non-hydrogen) atoms. The van der Waals surface area contributed by atoms with Crippen molar-refractivity contribution in [3.63, 3.8) is 0 Å².